The van der Waals surface area contributed by atoms with E-state index in [2.05, 4.69) is 198 Å². The predicted octanol–water partition coefficient (Wildman–Crippen LogP) is 13.1. The molecule has 2 aromatic heterocycles. The van der Waals surface area contributed by atoms with Crippen LogP contribution < -0.4 is 5.32 Å². The number of hydrogen-bond acceptors (Lipinski definition) is 3. The Labute approximate surface area is 324 Å². The lowest BCUT2D eigenvalue weighted by Gasteiger charge is -2.25. The van der Waals surface area contributed by atoms with Crippen molar-refractivity contribution < 1.29 is 4.42 Å². The van der Waals surface area contributed by atoms with Crippen LogP contribution in [0.4, 0.5) is 0 Å². The predicted molar refractivity (Wildman–Crippen MR) is 232 cm³/mol. The Morgan fingerprint density at radius 2 is 1.05 bits per heavy atom. The van der Waals surface area contributed by atoms with Crippen LogP contribution in [0, 0.1) is 0 Å². The summed E-state index contributed by atoms with van der Waals surface area (Å²) in [7, 11) is 0. The molecule has 10 aromatic rings. The Hall–Kier alpha value is -7.43. The highest BCUT2D eigenvalue weighted by atomic mass is 16.3. The van der Waals surface area contributed by atoms with Gasteiger partial charge in [0.25, 0.3) is 0 Å². The van der Waals surface area contributed by atoms with Crippen LogP contribution in [-0.2, 0) is 0 Å². The van der Waals surface area contributed by atoms with E-state index < -0.39 is 0 Å². The van der Waals surface area contributed by atoms with Crippen molar-refractivity contribution >= 4 is 55.2 Å². The van der Waals surface area contributed by atoms with Gasteiger partial charge in [0.2, 0.25) is 0 Å². The van der Waals surface area contributed by atoms with Crippen molar-refractivity contribution in [1.82, 2.24) is 9.88 Å². The van der Waals surface area contributed by atoms with Crippen molar-refractivity contribution in [1.29, 1.82) is 0 Å². The fourth-order valence-electron chi connectivity index (χ4n) is 8.26. The molecule has 1 N–H and O–H groups in total. The molecule has 3 heterocycles. The smallest absolute Gasteiger partial charge is 0.145 e. The second-order valence-corrected chi connectivity index (χ2v) is 14.4. The number of hydrogen-bond donors (Lipinski definition) is 1. The van der Waals surface area contributed by atoms with Gasteiger partial charge in [-0.1, -0.05) is 152 Å². The summed E-state index contributed by atoms with van der Waals surface area (Å²) in [6, 6.07) is 68.8. The lowest BCUT2D eigenvalue weighted by atomic mass is 9.97. The van der Waals surface area contributed by atoms with Crippen molar-refractivity contribution in [2.24, 2.45) is 4.99 Å². The van der Waals surface area contributed by atoms with E-state index in [1.165, 1.54) is 33.0 Å². The molecule has 0 aliphatic carbocycles. The van der Waals surface area contributed by atoms with Gasteiger partial charge >= 0.3 is 0 Å². The third-order valence-corrected chi connectivity index (χ3v) is 11.0. The van der Waals surface area contributed by atoms with Gasteiger partial charge in [-0.15, -0.1) is 0 Å². The maximum absolute atomic E-state index is 6.22. The highest BCUT2D eigenvalue weighted by Crippen LogP contribution is 2.37. The Bertz CT molecular complexity index is 3150. The fourth-order valence-corrected chi connectivity index (χ4v) is 8.26. The Kier molecular flexibility index (Phi) is 7.52. The molecule has 4 nitrogen and oxygen atoms in total. The van der Waals surface area contributed by atoms with E-state index in [1.54, 1.807) is 0 Å². The van der Waals surface area contributed by atoms with Crippen LogP contribution in [-0.4, -0.2) is 10.3 Å². The first-order chi connectivity index (χ1) is 27.7. The number of allylic oxidation sites excluding steroid dienone is 1. The van der Waals surface area contributed by atoms with E-state index in [9.17, 15) is 0 Å². The van der Waals surface area contributed by atoms with E-state index in [1.807, 2.05) is 12.1 Å². The van der Waals surface area contributed by atoms with Crippen molar-refractivity contribution in [3.8, 4) is 27.9 Å². The Morgan fingerprint density at radius 1 is 0.429 bits per heavy atom. The summed E-state index contributed by atoms with van der Waals surface area (Å²) in [5.74, 6) is 0. The minimum atomic E-state index is -0.284. The molecule has 0 fully saturated rings. The van der Waals surface area contributed by atoms with Crippen LogP contribution in [0.5, 0.6) is 0 Å². The molecule has 1 aliphatic heterocycles. The third kappa shape index (κ3) is 5.50. The SMILES string of the molecule is C1=C(c2cccc(-c3ccccc3)c2)NC(c2ccc(-c3ccccc3)cc2)N=C1c1ccc2c3ccccc3n(-c3ccc4oc5ccccc5c4c3)c2c1. The van der Waals surface area contributed by atoms with Crippen LogP contribution in [0.25, 0.3) is 77.4 Å². The topological polar surface area (TPSA) is 42.5 Å². The molecule has 1 aliphatic rings. The molecule has 0 bridgehead atoms. The first-order valence-corrected chi connectivity index (χ1v) is 19.1. The lowest BCUT2D eigenvalue weighted by Crippen LogP contribution is -2.24. The number of nitrogens with zero attached hydrogens (tertiary/aromatic N) is 2. The summed E-state index contributed by atoms with van der Waals surface area (Å²) in [4.78, 5) is 5.42. The van der Waals surface area contributed by atoms with Crippen LogP contribution in [0.2, 0.25) is 0 Å². The molecule has 1 unspecified atom stereocenters. The van der Waals surface area contributed by atoms with Gasteiger partial charge < -0.3 is 14.3 Å². The molecule has 56 heavy (non-hydrogen) atoms. The van der Waals surface area contributed by atoms with E-state index in [0.29, 0.717) is 0 Å². The first kappa shape index (κ1) is 32.0. The Balaban J connectivity index is 1.07. The zero-order valence-corrected chi connectivity index (χ0v) is 30.4. The number of aromatic nitrogens is 1. The zero-order chi connectivity index (χ0) is 37.0. The van der Waals surface area contributed by atoms with E-state index in [-0.39, 0.29) is 6.17 Å². The molecular weight excluding hydrogens is 683 g/mol. The van der Waals surface area contributed by atoms with E-state index in [0.717, 1.165) is 66.8 Å². The van der Waals surface area contributed by atoms with Crippen LogP contribution >= 0.6 is 0 Å². The molecule has 0 amide bonds. The molecule has 11 rings (SSSR count). The zero-order valence-electron chi connectivity index (χ0n) is 30.4. The van der Waals surface area contributed by atoms with Crippen molar-refractivity contribution in [2.75, 3.05) is 0 Å². The molecule has 4 heteroatoms. The van der Waals surface area contributed by atoms with E-state index >= 15 is 0 Å². The van der Waals surface area contributed by atoms with Crippen molar-refractivity contribution in [2.45, 2.75) is 6.17 Å². The standard InChI is InChI=1S/C52H35N3O/c1-3-12-34(13-4-1)36-22-24-37(25-23-36)52-53-46(39-17-11-16-38(30-39)35-14-5-2-6-15-35)33-47(54-52)40-26-28-43-42-18-7-9-20-48(42)55(49(43)31-40)41-27-29-51-45(32-41)44-19-8-10-21-50(44)56-51/h1-33,52-53H. The number of benzene rings is 8. The number of furan rings is 1. The molecule has 0 saturated carbocycles. The summed E-state index contributed by atoms with van der Waals surface area (Å²) in [5, 5.41) is 8.44. The molecule has 0 saturated heterocycles. The lowest BCUT2D eigenvalue weighted by molar-refractivity contribution is 0.664. The normalized spacial score (nSPS) is 14.2. The summed E-state index contributed by atoms with van der Waals surface area (Å²) in [6.07, 6.45) is 1.92. The number of fused-ring (bicyclic) bond motifs is 6. The molecule has 0 radical (unpaired) electrons. The monoisotopic (exact) mass is 717 g/mol. The second kappa shape index (κ2) is 13.2. The van der Waals surface area contributed by atoms with Gasteiger partial charge in [0, 0.05) is 38.5 Å². The minimum absolute atomic E-state index is 0.284. The maximum Gasteiger partial charge on any atom is 0.145 e. The highest BCUT2D eigenvalue weighted by molar-refractivity contribution is 6.17. The molecule has 264 valence electrons. The maximum atomic E-state index is 6.22. The number of aliphatic imine (C=N–C) groups is 1. The van der Waals surface area contributed by atoms with Crippen LogP contribution in [0.3, 0.4) is 0 Å². The quantitative estimate of drug-likeness (QED) is 0.186. The highest BCUT2D eigenvalue weighted by Gasteiger charge is 2.22. The number of nitrogens with one attached hydrogen (secondary N) is 1. The van der Waals surface area contributed by atoms with Gasteiger partial charge in [-0.2, -0.15) is 0 Å². The van der Waals surface area contributed by atoms with E-state index in [4.69, 9.17) is 9.41 Å². The van der Waals surface area contributed by atoms with Gasteiger partial charge in [0.15, 0.2) is 0 Å². The second-order valence-electron chi connectivity index (χ2n) is 14.4. The average Bonchev–Trinajstić information content (AvgIpc) is 3.82. The number of rotatable bonds is 6. The van der Waals surface area contributed by atoms with Crippen LogP contribution in [0.15, 0.2) is 210 Å². The molecule has 0 spiro atoms. The fraction of sp³-hybridized carbons (Fsp3) is 0.0192. The largest absolute Gasteiger partial charge is 0.456 e. The van der Waals surface area contributed by atoms with Crippen molar-refractivity contribution in [3.05, 3.63) is 217 Å². The first-order valence-electron chi connectivity index (χ1n) is 19.1. The van der Waals surface area contributed by atoms with Crippen LogP contribution in [0.1, 0.15) is 22.9 Å². The van der Waals surface area contributed by atoms with Gasteiger partial charge in [0.05, 0.1) is 16.7 Å². The average molecular weight is 718 g/mol. The van der Waals surface area contributed by atoms with Gasteiger partial charge in [-0.05, 0) is 81.9 Å². The third-order valence-electron chi connectivity index (χ3n) is 11.0. The van der Waals surface area contributed by atoms with Gasteiger partial charge in [-0.3, -0.25) is 4.99 Å². The molecule has 1 atom stereocenters. The molecular formula is C52H35N3O. The Morgan fingerprint density at radius 3 is 1.88 bits per heavy atom. The number of para-hydroxylation sites is 2. The summed E-state index contributed by atoms with van der Waals surface area (Å²) < 4.78 is 8.59. The van der Waals surface area contributed by atoms with Crippen molar-refractivity contribution in [3.63, 3.8) is 0 Å². The van der Waals surface area contributed by atoms with Gasteiger partial charge in [-0.25, -0.2) is 0 Å². The minimum Gasteiger partial charge on any atom is -0.456 e. The summed E-state index contributed by atoms with van der Waals surface area (Å²) in [6.45, 7) is 0. The molecule has 8 aromatic carbocycles. The summed E-state index contributed by atoms with van der Waals surface area (Å²) >= 11 is 0. The summed E-state index contributed by atoms with van der Waals surface area (Å²) in [5.41, 5.74) is 15.1. The van der Waals surface area contributed by atoms with Gasteiger partial charge in [0.1, 0.15) is 17.3 Å².